The van der Waals surface area contributed by atoms with E-state index in [9.17, 15) is 14.4 Å². The van der Waals surface area contributed by atoms with Gasteiger partial charge < -0.3 is 24.2 Å². The predicted octanol–water partition coefficient (Wildman–Crippen LogP) is 5.48. The van der Waals surface area contributed by atoms with Gasteiger partial charge in [-0.25, -0.2) is 4.39 Å². The van der Waals surface area contributed by atoms with Crippen LogP contribution in [0.15, 0.2) is 42.5 Å². The SMILES string of the molecule is COC(=O)C[C@H]1CCC[C@@H]1[C@](CN1CCC1)(c1cccc(F)c1)C1CCN(CC2CN(c3ccc(C#N)cc3OC)C2)CC1. The van der Waals surface area contributed by atoms with E-state index in [1.165, 1.54) is 13.5 Å². The first-order valence-electron chi connectivity index (χ1n) is 16.5. The molecule has 0 unspecified atom stereocenters. The summed E-state index contributed by atoms with van der Waals surface area (Å²) in [6.45, 7) is 8.31. The highest BCUT2D eigenvalue weighted by Gasteiger charge is 2.53. The molecule has 3 saturated heterocycles. The monoisotopic (exact) mass is 602 g/mol. The number of halogens is 1. The number of ether oxygens (including phenoxy) is 2. The van der Waals surface area contributed by atoms with Crippen LogP contribution < -0.4 is 9.64 Å². The first-order chi connectivity index (χ1) is 21.4. The third kappa shape index (κ3) is 6.19. The van der Waals surface area contributed by atoms with Gasteiger partial charge in [0.25, 0.3) is 0 Å². The molecule has 0 spiro atoms. The predicted molar refractivity (Wildman–Crippen MR) is 169 cm³/mol. The first-order valence-corrected chi connectivity index (χ1v) is 16.5. The van der Waals surface area contributed by atoms with Crippen molar-refractivity contribution in [3.8, 4) is 11.8 Å². The third-order valence-corrected chi connectivity index (χ3v) is 11.2. The summed E-state index contributed by atoms with van der Waals surface area (Å²) in [5, 5.41) is 9.24. The van der Waals surface area contributed by atoms with Gasteiger partial charge in [-0.15, -0.1) is 0 Å². The van der Waals surface area contributed by atoms with Gasteiger partial charge in [0.05, 0.1) is 31.5 Å². The number of rotatable bonds is 11. The van der Waals surface area contributed by atoms with Crippen LogP contribution in [0.4, 0.5) is 10.1 Å². The number of nitrogens with zero attached hydrogens (tertiary/aromatic N) is 4. The van der Waals surface area contributed by atoms with Crippen LogP contribution in [0.2, 0.25) is 0 Å². The minimum absolute atomic E-state index is 0.123. The van der Waals surface area contributed by atoms with Crippen molar-refractivity contribution in [2.75, 3.05) is 71.5 Å². The molecule has 0 amide bonds. The molecule has 2 aromatic rings. The summed E-state index contributed by atoms with van der Waals surface area (Å²) >= 11 is 0. The Kier molecular flexibility index (Phi) is 9.44. The molecule has 6 rings (SSSR count). The fourth-order valence-electron chi connectivity index (χ4n) is 8.92. The molecule has 2 aromatic carbocycles. The number of nitriles is 1. The summed E-state index contributed by atoms with van der Waals surface area (Å²) in [5.74, 6) is 2.11. The molecule has 7 nitrogen and oxygen atoms in total. The minimum Gasteiger partial charge on any atom is -0.495 e. The Labute approximate surface area is 261 Å². The van der Waals surface area contributed by atoms with E-state index in [2.05, 4.69) is 26.8 Å². The molecule has 3 atom stereocenters. The summed E-state index contributed by atoms with van der Waals surface area (Å²) in [7, 11) is 3.15. The van der Waals surface area contributed by atoms with Gasteiger partial charge in [0.15, 0.2) is 0 Å². The molecule has 236 valence electrons. The lowest BCUT2D eigenvalue weighted by Gasteiger charge is -2.54. The van der Waals surface area contributed by atoms with E-state index >= 15 is 0 Å². The molecular formula is C36H47FN4O3. The van der Waals surface area contributed by atoms with Crippen LogP contribution in [0.1, 0.15) is 56.1 Å². The number of likely N-dealkylation sites (tertiary alicyclic amines) is 2. The normalized spacial score (nSPS) is 24.6. The van der Waals surface area contributed by atoms with Crippen LogP contribution in [0.3, 0.4) is 0 Å². The maximum atomic E-state index is 14.9. The van der Waals surface area contributed by atoms with Gasteiger partial charge in [-0.2, -0.15) is 5.26 Å². The van der Waals surface area contributed by atoms with Crippen LogP contribution in [0, 0.1) is 40.8 Å². The van der Waals surface area contributed by atoms with E-state index in [-0.39, 0.29) is 23.1 Å². The second-order valence-electron chi connectivity index (χ2n) is 13.6. The van der Waals surface area contributed by atoms with Gasteiger partial charge in [0, 0.05) is 50.0 Å². The molecule has 0 radical (unpaired) electrons. The summed E-state index contributed by atoms with van der Waals surface area (Å²) in [6.07, 6.45) is 7.10. The van der Waals surface area contributed by atoms with E-state index in [0.29, 0.717) is 29.7 Å². The van der Waals surface area contributed by atoms with E-state index in [4.69, 9.17) is 9.47 Å². The number of piperidine rings is 1. The number of benzene rings is 2. The number of carbonyl (C=O) groups is 1. The number of hydrogen-bond donors (Lipinski definition) is 0. The Morgan fingerprint density at radius 3 is 2.45 bits per heavy atom. The van der Waals surface area contributed by atoms with Crippen LogP contribution in [-0.2, 0) is 14.9 Å². The van der Waals surface area contributed by atoms with Crippen molar-refractivity contribution in [2.24, 2.45) is 23.7 Å². The van der Waals surface area contributed by atoms with Crippen molar-refractivity contribution in [2.45, 2.75) is 50.4 Å². The van der Waals surface area contributed by atoms with Gasteiger partial charge in [-0.3, -0.25) is 4.79 Å². The highest BCUT2D eigenvalue weighted by molar-refractivity contribution is 5.69. The summed E-state index contributed by atoms with van der Waals surface area (Å²) in [5.41, 5.74) is 2.63. The zero-order chi connectivity index (χ0) is 30.7. The summed E-state index contributed by atoms with van der Waals surface area (Å²) in [4.78, 5) is 20.1. The first kappa shape index (κ1) is 30.9. The molecular weight excluding hydrogens is 555 g/mol. The van der Waals surface area contributed by atoms with Crippen molar-refractivity contribution in [3.05, 3.63) is 59.4 Å². The topological polar surface area (TPSA) is 69.0 Å². The lowest BCUT2D eigenvalue weighted by atomic mass is 9.56. The Bertz CT molecular complexity index is 1350. The molecule has 3 aliphatic heterocycles. The molecule has 4 fully saturated rings. The van der Waals surface area contributed by atoms with Gasteiger partial charge in [0.1, 0.15) is 11.6 Å². The van der Waals surface area contributed by atoms with Crippen LogP contribution in [-0.4, -0.2) is 82.3 Å². The Morgan fingerprint density at radius 1 is 1.00 bits per heavy atom. The molecule has 3 heterocycles. The third-order valence-electron chi connectivity index (χ3n) is 11.2. The fraction of sp³-hybridized carbons (Fsp3) is 0.611. The van der Waals surface area contributed by atoms with E-state index in [1.807, 2.05) is 24.3 Å². The van der Waals surface area contributed by atoms with Gasteiger partial charge >= 0.3 is 5.97 Å². The molecule has 0 bridgehead atoms. The van der Waals surface area contributed by atoms with Gasteiger partial charge in [-0.05, 0) is 106 Å². The quantitative estimate of drug-likeness (QED) is 0.316. The lowest BCUT2D eigenvalue weighted by Crippen LogP contribution is -2.58. The zero-order valence-electron chi connectivity index (χ0n) is 26.3. The number of carbonyl (C=O) groups excluding carboxylic acids is 1. The van der Waals surface area contributed by atoms with Crippen LogP contribution in [0.5, 0.6) is 5.75 Å². The second kappa shape index (κ2) is 13.5. The van der Waals surface area contributed by atoms with Gasteiger partial charge in [-0.1, -0.05) is 18.6 Å². The van der Waals surface area contributed by atoms with E-state index < -0.39 is 0 Å². The van der Waals surface area contributed by atoms with Crippen LogP contribution >= 0.6 is 0 Å². The maximum absolute atomic E-state index is 14.9. The number of methoxy groups -OCH3 is 2. The van der Waals surface area contributed by atoms with Crippen molar-refractivity contribution >= 4 is 11.7 Å². The summed E-state index contributed by atoms with van der Waals surface area (Å²) in [6, 6.07) is 15.3. The minimum atomic E-state index is -0.177. The van der Waals surface area contributed by atoms with E-state index in [1.54, 1.807) is 19.2 Å². The number of hydrogen-bond acceptors (Lipinski definition) is 7. The Balaban J connectivity index is 1.17. The molecule has 44 heavy (non-hydrogen) atoms. The number of anilines is 1. The number of esters is 1. The van der Waals surface area contributed by atoms with Gasteiger partial charge in [0.2, 0.25) is 0 Å². The molecule has 1 saturated carbocycles. The van der Waals surface area contributed by atoms with Crippen molar-refractivity contribution < 1.29 is 18.7 Å². The Morgan fingerprint density at radius 2 is 1.80 bits per heavy atom. The van der Waals surface area contributed by atoms with E-state index in [0.717, 1.165) is 101 Å². The molecule has 0 aromatic heterocycles. The largest absolute Gasteiger partial charge is 0.495 e. The lowest BCUT2D eigenvalue weighted by molar-refractivity contribution is -0.142. The molecule has 1 aliphatic carbocycles. The van der Waals surface area contributed by atoms with Crippen molar-refractivity contribution in [1.29, 1.82) is 5.26 Å². The highest BCUT2D eigenvalue weighted by Crippen LogP contribution is 2.54. The van der Waals surface area contributed by atoms with Crippen LogP contribution in [0.25, 0.3) is 0 Å². The molecule has 8 heteroatoms. The zero-order valence-corrected chi connectivity index (χ0v) is 26.3. The fourth-order valence-corrected chi connectivity index (χ4v) is 8.92. The average molecular weight is 603 g/mol. The molecule has 4 aliphatic rings. The smallest absolute Gasteiger partial charge is 0.305 e. The second-order valence-corrected chi connectivity index (χ2v) is 13.6. The average Bonchev–Trinajstić information content (AvgIpc) is 3.47. The standard InChI is InChI=1S/C36H47FN4O3/c1-43-34-18-26(21-38)10-11-33(34)41-23-27(24-41)22-39-16-12-29(13-17-39)36(25-40-14-5-15-40,30-7-4-8-31(37)20-30)32-9-3-6-28(32)19-35(42)44-2/h4,7-8,10-11,18,20,27-29,32H,3,5-6,9,12-17,19,22-25H2,1-2H3/t28-,32+,36+/m1/s1. The van der Waals surface area contributed by atoms with Crippen molar-refractivity contribution in [3.63, 3.8) is 0 Å². The molecule has 0 N–H and O–H groups in total. The Hall–Kier alpha value is -3.15. The summed E-state index contributed by atoms with van der Waals surface area (Å²) < 4.78 is 25.6. The van der Waals surface area contributed by atoms with Crippen molar-refractivity contribution in [1.82, 2.24) is 9.80 Å². The maximum Gasteiger partial charge on any atom is 0.305 e. The highest BCUT2D eigenvalue weighted by atomic mass is 19.1.